The van der Waals surface area contributed by atoms with Crippen molar-refractivity contribution in [2.75, 3.05) is 5.32 Å². The highest BCUT2D eigenvalue weighted by Gasteiger charge is 2.33. The minimum Gasteiger partial charge on any atom is -0.291 e. The zero-order valence-corrected chi connectivity index (χ0v) is 11.9. The Morgan fingerprint density at radius 1 is 1.35 bits per heavy atom. The van der Waals surface area contributed by atoms with Crippen molar-refractivity contribution < 1.29 is 22.9 Å². The van der Waals surface area contributed by atoms with Crippen LogP contribution in [0.4, 0.5) is 24.8 Å². The van der Waals surface area contributed by atoms with Gasteiger partial charge in [-0.15, -0.1) is 0 Å². The molecule has 0 bridgehead atoms. The number of benzene rings is 1. The second kappa shape index (κ2) is 5.66. The molecule has 0 unspecified atom stereocenters. The van der Waals surface area contributed by atoms with Crippen molar-refractivity contribution >= 4 is 17.5 Å². The Morgan fingerprint density at radius 3 is 2.48 bits per heavy atom. The molecule has 1 heterocycles. The van der Waals surface area contributed by atoms with Gasteiger partial charge in [0.1, 0.15) is 5.82 Å². The van der Waals surface area contributed by atoms with Gasteiger partial charge >= 0.3 is 6.18 Å². The van der Waals surface area contributed by atoms with Gasteiger partial charge in [0.15, 0.2) is 0 Å². The molecule has 0 aliphatic carbocycles. The van der Waals surface area contributed by atoms with E-state index in [0.29, 0.717) is 18.0 Å². The first kappa shape index (κ1) is 16.4. The van der Waals surface area contributed by atoms with E-state index in [0.717, 1.165) is 6.07 Å². The van der Waals surface area contributed by atoms with E-state index < -0.39 is 33.8 Å². The molecule has 0 atom stereocenters. The molecule has 2 aromatic rings. The van der Waals surface area contributed by atoms with E-state index in [1.54, 1.807) is 6.92 Å². The van der Waals surface area contributed by atoms with Crippen LogP contribution in [0, 0.1) is 17.0 Å². The zero-order valence-electron chi connectivity index (χ0n) is 11.9. The summed E-state index contributed by atoms with van der Waals surface area (Å²) in [6.45, 7) is 1.56. The molecular formula is C12H10F3N5O3. The smallest absolute Gasteiger partial charge is 0.291 e. The van der Waals surface area contributed by atoms with Gasteiger partial charge in [-0.1, -0.05) is 0 Å². The van der Waals surface area contributed by atoms with E-state index in [1.165, 1.54) is 11.7 Å². The number of aromatic nitrogens is 3. The molecule has 1 aromatic carbocycles. The molecule has 122 valence electrons. The molecule has 2 rings (SSSR count). The van der Waals surface area contributed by atoms with Crippen LogP contribution in [0.1, 0.15) is 21.7 Å². The number of alkyl halides is 3. The van der Waals surface area contributed by atoms with Crippen LogP contribution in [0.25, 0.3) is 0 Å². The van der Waals surface area contributed by atoms with E-state index in [-0.39, 0.29) is 5.95 Å². The van der Waals surface area contributed by atoms with Gasteiger partial charge in [0.25, 0.3) is 11.6 Å². The highest BCUT2D eigenvalue weighted by atomic mass is 19.4. The fourth-order valence-electron chi connectivity index (χ4n) is 1.81. The van der Waals surface area contributed by atoms with Crippen LogP contribution in [0.5, 0.6) is 0 Å². The summed E-state index contributed by atoms with van der Waals surface area (Å²) in [7, 11) is 1.48. The zero-order chi connectivity index (χ0) is 17.4. The Hall–Kier alpha value is -2.98. The molecule has 11 heteroatoms. The fraction of sp³-hybridized carbons (Fsp3) is 0.250. The van der Waals surface area contributed by atoms with Crippen LogP contribution in [0.2, 0.25) is 0 Å². The van der Waals surface area contributed by atoms with E-state index in [2.05, 4.69) is 15.4 Å². The second-order valence-electron chi connectivity index (χ2n) is 4.58. The van der Waals surface area contributed by atoms with Crippen LogP contribution in [-0.2, 0) is 13.2 Å². The summed E-state index contributed by atoms with van der Waals surface area (Å²) in [5.74, 6) is -0.611. The normalized spacial score (nSPS) is 11.3. The number of nitro groups is 1. The van der Waals surface area contributed by atoms with Crippen LogP contribution in [0.3, 0.4) is 0 Å². The quantitative estimate of drug-likeness (QED) is 0.687. The lowest BCUT2D eigenvalue weighted by atomic mass is 10.1. The summed E-state index contributed by atoms with van der Waals surface area (Å²) >= 11 is 0. The van der Waals surface area contributed by atoms with Crippen molar-refractivity contribution in [3.63, 3.8) is 0 Å². The molecule has 1 amide bonds. The molecule has 0 spiro atoms. The number of aryl methyl sites for hydroxylation is 2. The lowest BCUT2D eigenvalue weighted by Crippen LogP contribution is -2.17. The maximum atomic E-state index is 12.8. The summed E-state index contributed by atoms with van der Waals surface area (Å²) in [6.07, 6.45) is -4.82. The number of amides is 1. The van der Waals surface area contributed by atoms with Gasteiger partial charge in [0.05, 0.1) is 10.5 Å². The molecule has 0 aliphatic heterocycles. The number of hydrogen-bond acceptors (Lipinski definition) is 5. The standard InChI is InChI=1S/C12H10F3N5O3/c1-6-16-11(19(2)18-6)17-10(21)7-3-8(12(13,14)15)5-9(4-7)20(22)23/h3-5H,1-2H3,(H,16,17,18,21). The first-order valence-corrected chi connectivity index (χ1v) is 6.13. The number of hydrogen-bond donors (Lipinski definition) is 1. The topological polar surface area (TPSA) is 103 Å². The fourth-order valence-corrected chi connectivity index (χ4v) is 1.81. The van der Waals surface area contributed by atoms with Crippen LogP contribution >= 0.6 is 0 Å². The van der Waals surface area contributed by atoms with E-state index in [9.17, 15) is 28.1 Å². The average Bonchev–Trinajstić information content (AvgIpc) is 2.75. The molecule has 0 fully saturated rings. The number of carbonyl (C=O) groups is 1. The minimum absolute atomic E-state index is 0.00700. The number of non-ortho nitro benzene ring substituents is 1. The van der Waals surface area contributed by atoms with Gasteiger partial charge in [0, 0.05) is 24.7 Å². The highest BCUT2D eigenvalue weighted by molar-refractivity contribution is 6.04. The number of rotatable bonds is 3. The van der Waals surface area contributed by atoms with Gasteiger partial charge in [-0.25, -0.2) is 4.68 Å². The average molecular weight is 329 g/mol. The number of nitrogens with one attached hydrogen (secondary N) is 1. The second-order valence-corrected chi connectivity index (χ2v) is 4.58. The minimum atomic E-state index is -4.82. The lowest BCUT2D eigenvalue weighted by molar-refractivity contribution is -0.385. The van der Waals surface area contributed by atoms with Gasteiger partial charge < -0.3 is 0 Å². The number of halogens is 3. The van der Waals surface area contributed by atoms with Crippen molar-refractivity contribution in [3.05, 3.63) is 45.3 Å². The largest absolute Gasteiger partial charge is 0.416 e. The summed E-state index contributed by atoms with van der Waals surface area (Å²) in [6, 6.07) is 1.66. The van der Waals surface area contributed by atoms with Crippen molar-refractivity contribution in [1.29, 1.82) is 0 Å². The van der Waals surface area contributed by atoms with Gasteiger partial charge in [0.2, 0.25) is 5.95 Å². The lowest BCUT2D eigenvalue weighted by Gasteiger charge is -2.09. The van der Waals surface area contributed by atoms with Crippen LogP contribution < -0.4 is 5.32 Å². The monoisotopic (exact) mass is 329 g/mol. The van der Waals surface area contributed by atoms with Gasteiger partial charge in [-0.05, 0) is 13.0 Å². The highest BCUT2D eigenvalue weighted by Crippen LogP contribution is 2.32. The molecule has 1 N–H and O–H groups in total. The molecule has 0 radical (unpaired) electrons. The predicted molar refractivity (Wildman–Crippen MR) is 71.8 cm³/mol. The van der Waals surface area contributed by atoms with E-state index >= 15 is 0 Å². The van der Waals surface area contributed by atoms with Crippen molar-refractivity contribution in [2.45, 2.75) is 13.1 Å². The number of nitrogens with zero attached hydrogens (tertiary/aromatic N) is 4. The van der Waals surface area contributed by atoms with Crippen molar-refractivity contribution in [2.24, 2.45) is 7.05 Å². The van der Waals surface area contributed by atoms with E-state index in [1.807, 2.05) is 0 Å². The third-order valence-corrected chi connectivity index (χ3v) is 2.81. The molecule has 0 saturated carbocycles. The Kier molecular flexibility index (Phi) is 4.04. The predicted octanol–water partition coefficient (Wildman–Crippen LogP) is 2.30. The first-order chi connectivity index (χ1) is 10.6. The summed E-state index contributed by atoms with van der Waals surface area (Å²) in [4.78, 5) is 25.7. The third-order valence-electron chi connectivity index (χ3n) is 2.81. The third kappa shape index (κ3) is 3.62. The SMILES string of the molecule is Cc1nc(NC(=O)c2cc([N+](=O)[O-])cc(C(F)(F)F)c2)n(C)n1. The van der Waals surface area contributed by atoms with Crippen LogP contribution in [-0.4, -0.2) is 25.6 Å². The Balaban J connectivity index is 2.41. The van der Waals surface area contributed by atoms with Gasteiger partial charge in [-0.2, -0.15) is 23.3 Å². The molecule has 1 aromatic heterocycles. The molecule has 0 aliphatic rings. The van der Waals surface area contributed by atoms with Crippen LogP contribution in [0.15, 0.2) is 18.2 Å². The Bertz CT molecular complexity index is 785. The Labute approximate surface area is 127 Å². The molecule has 23 heavy (non-hydrogen) atoms. The summed E-state index contributed by atoms with van der Waals surface area (Å²) < 4.78 is 39.6. The molecule has 0 saturated heterocycles. The molecule has 8 nitrogen and oxygen atoms in total. The maximum Gasteiger partial charge on any atom is 0.416 e. The maximum absolute atomic E-state index is 12.8. The number of carbonyl (C=O) groups excluding carboxylic acids is 1. The van der Waals surface area contributed by atoms with Crippen molar-refractivity contribution in [3.8, 4) is 0 Å². The van der Waals surface area contributed by atoms with E-state index in [4.69, 9.17) is 0 Å². The summed E-state index contributed by atoms with van der Waals surface area (Å²) in [5, 5.41) is 16.9. The van der Waals surface area contributed by atoms with Crippen molar-refractivity contribution in [1.82, 2.24) is 14.8 Å². The summed E-state index contributed by atoms with van der Waals surface area (Å²) in [5.41, 5.74) is -2.63. The number of anilines is 1. The first-order valence-electron chi connectivity index (χ1n) is 6.13. The molecular weight excluding hydrogens is 319 g/mol. The Morgan fingerprint density at radius 2 is 2.00 bits per heavy atom. The van der Waals surface area contributed by atoms with Gasteiger partial charge in [-0.3, -0.25) is 20.2 Å². The number of nitro benzene ring substituents is 1.